The zero-order valence-electron chi connectivity index (χ0n) is 14.6. The maximum atomic E-state index is 9.26. The molecule has 1 aliphatic carbocycles. The number of nitriles is 2. The van der Waals surface area contributed by atoms with Crippen LogP contribution in [0.2, 0.25) is 0 Å². The summed E-state index contributed by atoms with van der Waals surface area (Å²) < 4.78 is 0. The third-order valence-corrected chi connectivity index (χ3v) is 4.70. The predicted molar refractivity (Wildman–Crippen MR) is 103 cm³/mol. The van der Waals surface area contributed by atoms with E-state index in [9.17, 15) is 10.5 Å². The summed E-state index contributed by atoms with van der Waals surface area (Å²) in [7, 11) is 0. The summed E-state index contributed by atoms with van der Waals surface area (Å²) in [6.45, 7) is 0. The minimum atomic E-state index is -0.511. The number of nitrogens with zero attached hydrogens (tertiary/aromatic N) is 4. The first-order valence-corrected chi connectivity index (χ1v) is 8.85. The van der Waals surface area contributed by atoms with Gasteiger partial charge in [-0.2, -0.15) is 10.5 Å². The van der Waals surface area contributed by atoms with Crippen LogP contribution >= 0.6 is 0 Å². The summed E-state index contributed by atoms with van der Waals surface area (Å²) in [5, 5.41) is 18.5. The van der Waals surface area contributed by atoms with Crippen LogP contribution in [0.4, 0.5) is 0 Å². The molecule has 2 aromatic carbocycles. The Labute approximate surface area is 154 Å². The van der Waals surface area contributed by atoms with Crippen LogP contribution in [0, 0.1) is 22.7 Å². The van der Waals surface area contributed by atoms with Crippen molar-refractivity contribution in [1.82, 2.24) is 0 Å². The number of rotatable bonds is 4. The van der Waals surface area contributed by atoms with Crippen molar-refractivity contribution in [2.24, 2.45) is 9.98 Å². The zero-order valence-corrected chi connectivity index (χ0v) is 14.6. The van der Waals surface area contributed by atoms with Gasteiger partial charge in [0.25, 0.3) is 0 Å². The highest BCUT2D eigenvalue weighted by Crippen LogP contribution is 2.33. The molecule has 0 aliphatic heterocycles. The molecule has 0 saturated heterocycles. The summed E-state index contributed by atoms with van der Waals surface area (Å²) in [5.41, 5.74) is 2.34. The number of hydrogen-bond donors (Lipinski definition) is 0. The molecule has 3 rings (SSSR count). The molecule has 4 heteroatoms. The molecule has 0 amide bonds. The van der Waals surface area contributed by atoms with Gasteiger partial charge in [-0.05, 0) is 37.8 Å². The van der Waals surface area contributed by atoms with Gasteiger partial charge in [0.05, 0.1) is 23.3 Å². The Balaban J connectivity index is 1.92. The van der Waals surface area contributed by atoms with Crippen LogP contribution in [-0.2, 0) is 0 Å². The molecule has 0 N–H and O–H groups in total. The molecule has 0 heterocycles. The lowest BCUT2D eigenvalue weighted by molar-refractivity contribution is 0.313. The number of benzene rings is 2. The van der Waals surface area contributed by atoms with Gasteiger partial charge >= 0.3 is 0 Å². The molecule has 0 radical (unpaired) electrons. The minimum absolute atomic E-state index is 0.511. The lowest BCUT2D eigenvalue weighted by Crippen LogP contribution is -2.27. The van der Waals surface area contributed by atoms with Crippen LogP contribution in [0.25, 0.3) is 0 Å². The van der Waals surface area contributed by atoms with Gasteiger partial charge in [0.2, 0.25) is 0 Å². The van der Waals surface area contributed by atoms with Crippen LogP contribution in [0.1, 0.15) is 54.4 Å². The molecular weight excluding hydrogens is 320 g/mol. The van der Waals surface area contributed by atoms with E-state index >= 15 is 0 Å². The van der Waals surface area contributed by atoms with Gasteiger partial charge in [-0.25, -0.2) is 0 Å². The van der Waals surface area contributed by atoms with Crippen LogP contribution in [0.15, 0.2) is 58.5 Å². The fourth-order valence-corrected chi connectivity index (χ4v) is 3.21. The summed E-state index contributed by atoms with van der Waals surface area (Å²) in [6, 6.07) is 19.3. The molecule has 1 aliphatic rings. The van der Waals surface area contributed by atoms with Crippen LogP contribution in [-0.4, -0.2) is 18.1 Å². The molecule has 1 fully saturated rings. The SMILES string of the molecule is N#Cc1ccccc1C=NC1(N=Cc2ccccc2C#N)CCCCC1. The lowest BCUT2D eigenvalue weighted by Gasteiger charge is -2.29. The fraction of sp³-hybridized carbons (Fsp3) is 0.273. The van der Waals surface area contributed by atoms with Gasteiger partial charge < -0.3 is 0 Å². The third kappa shape index (κ3) is 4.05. The van der Waals surface area contributed by atoms with Crippen LogP contribution < -0.4 is 0 Å². The molecule has 4 nitrogen and oxygen atoms in total. The predicted octanol–water partition coefficient (Wildman–Crippen LogP) is 4.63. The van der Waals surface area contributed by atoms with E-state index in [0.29, 0.717) is 11.1 Å². The summed E-state index contributed by atoms with van der Waals surface area (Å²) in [6.07, 6.45) is 8.65. The molecule has 0 spiro atoms. The van der Waals surface area contributed by atoms with Crippen LogP contribution in [0.3, 0.4) is 0 Å². The minimum Gasteiger partial charge on any atom is -0.263 e. The van der Waals surface area contributed by atoms with Crippen molar-refractivity contribution in [3.05, 3.63) is 70.8 Å². The van der Waals surface area contributed by atoms with Gasteiger partial charge in [0.15, 0.2) is 0 Å². The van der Waals surface area contributed by atoms with Crippen molar-refractivity contribution in [3.8, 4) is 12.1 Å². The van der Waals surface area contributed by atoms with E-state index in [0.717, 1.165) is 36.8 Å². The molecule has 0 atom stereocenters. The maximum Gasteiger partial charge on any atom is 0.150 e. The first-order chi connectivity index (χ1) is 12.8. The van der Waals surface area contributed by atoms with E-state index in [1.807, 2.05) is 36.4 Å². The van der Waals surface area contributed by atoms with E-state index in [1.165, 1.54) is 6.42 Å². The molecule has 26 heavy (non-hydrogen) atoms. The van der Waals surface area contributed by atoms with E-state index in [4.69, 9.17) is 9.98 Å². The molecule has 2 aromatic rings. The largest absolute Gasteiger partial charge is 0.263 e. The van der Waals surface area contributed by atoms with Gasteiger partial charge in [-0.3, -0.25) is 9.98 Å². The van der Waals surface area contributed by atoms with Crippen molar-refractivity contribution in [1.29, 1.82) is 10.5 Å². The zero-order chi connectivity index (χ0) is 18.2. The standard InChI is InChI=1S/C22H20N4/c23-14-18-8-2-4-10-20(18)16-25-22(12-6-1-7-13-22)26-17-21-11-5-3-9-19(21)15-24/h2-5,8-11,16-17H,1,6-7,12-13H2. The van der Waals surface area contributed by atoms with Crippen molar-refractivity contribution in [2.75, 3.05) is 0 Å². The van der Waals surface area contributed by atoms with Gasteiger partial charge in [0, 0.05) is 23.6 Å². The second-order valence-electron chi connectivity index (χ2n) is 6.46. The van der Waals surface area contributed by atoms with Gasteiger partial charge in [-0.1, -0.05) is 42.8 Å². The molecule has 128 valence electrons. The maximum absolute atomic E-state index is 9.26. The normalized spacial score (nSPS) is 16.4. The van der Waals surface area contributed by atoms with E-state index in [1.54, 1.807) is 24.6 Å². The Morgan fingerprint density at radius 2 is 1.19 bits per heavy atom. The monoisotopic (exact) mass is 340 g/mol. The van der Waals surface area contributed by atoms with Crippen molar-refractivity contribution >= 4 is 12.4 Å². The first kappa shape index (κ1) is 17.6. The average molecular weight is 340 g/mol. The van der Waals surface area contributed by atoms with Crippen LogP contribution in [0.5, 0.6) is 0 Å². The van der Waals surface area contributed by atoms with E-state index in [2.05, 4.69) is 12.1 Å². The summed E-state index contributed by atoms with van der Waals surface area (Å²) in [5.74, 6) is 0. The molecule has 1 saturated carbocycles. The Kier molecular flexibility index (Phi) is 5.56. The quantitative estimate of drug-likeness (QED) is 0.761. The Bertz CT molecular complexity index is 837. The Hall–Kier alpha value is -3.24. The number of hydrogen-bond acceptors (Lipinski definition) is 4. The highest BCUT2D eigenvalue weighted by molar-refractivity contribution is 5.85. The average Bonchev–Trinajstić information content (AvgIpc) is 2.72. The third-order valence-electron chi connectivity index (χ3n) is 4.70. The topological polar surface area (TPSA) is 72.3 Å². The molecular formula is C22H20N4. The second kappa shape index (κ2) is 8.23. The fourth-order valence-electron chi connectivity index (χ4n) is 3.21. The van der Waals surface area contributed by atoms with E-state index < -0.39 is 5.66 Å². The highest BCUT2D eigenvalue weighted by atomic mass is 15.1. The molecule has 0 bridgehead atoms. The van der Waals surface area contributed by atoms with Crippen molar-refractivity contribution < 1.29 is 0 Å². The lowest BCUT2D eigenvalue weighted by atomic mass is 9.89. The van der Waals surface area contributed by atoms with E-state index in [-0.39, 0.29) is 0 Å². The Morgan fingerprint density at radius 1 is 0.731 bits per heavy atom. The Morgan fingerprint density at radius 3 is 1.65 bits per heavy atom. The highest BCUT2D eigenvalue weighted by Gasteiger charge is 2.29. The number of aliphatic imine (C=N–C) groups is 2. The van der Waals surface area contributed by atoms with Crippen molar-refractivity contribution in [3.63, 3.8) is 0 Å². The first-order valence-electron chi connectivity index (χ1n) is 8.85. The summed E-state index contributed by atoms with van der Waals surface area (Å²) in [4.78, 5) is 9.61. The summed E-state index contributed by atoms with van der Waals surface area (Å²) >= 11 is 0. The second-order valence-corrected chi connectivity index (χ2v) is 6.46. The smallest absolute Gasteiger partial charge is 0.150 e. The van der Waals surface area contributed by atoms with Crippen molar-refractivity contribution in [2.45, 2.75) is 37.8 Å². The van der Waals surface area contributed by atoms with Gasteiger partial charge in [0.1, 0.15) is 5.66 Å². The molecule has 0 aromatic heterocycles. The van der Waals surface area contributed by atoms with Gasteiger partial charge in [-0.15, -0.1) is 0 Å². The molecule has 0 unspecified atom stereocenters.